The van der Waals surface area contributed by atoms with Crippen LogP contribution in [0.4, 0.5) is 0 Å². The van der Waals surface area contributed by atoms with Crippen LogP contribution < -0.4 is 5.32 Å². The van der Waals surface area contributed by atoms with Gasteiger partial charge in [-0.1, -0.05) is 12.2 Å². The molecule has 0 aliphatic rings. The standard InChI is InChI=1S/C11H19N3/c1-4-5-6-7-12-8-11-9-14(3)13-10(11)2/h4-5,9,12H,6-8H2,1-3H3/b5-4+. The van der Waals surface area contributed by atoms with Crippen LogP contribution in [0.1, 0.15) is 24.6 Å². The van der Waals surface area contributed by atoms with Crippen molar-refractivity contribution in [2.75, 3.05) is 6.54 Å². The third kappa shape index (κ3) is 3.34. The van der Waals surface area contributed by atoms with Gasteiger partial charge < -0.3 is 5.32 Å². The van der Waals surface area contributed by atoms with Crippen LogP contribution in [0.25, 0.3) is 0 Å². The highest BCUT2D eigenvalue weighted by atomic mass is 15.2. The molecule has 3 heteroatoms. The predicted molar refractivity (Wildman–Crippen MR) is 59.1 cm³/mol. The van der Waals surface area contributed by atoms with Crippen LogP contribution in [-0.2, 0) is 13.6 Å². The molecule has 0 aromatic carbocycles. The second-order valence-electron chi connectivity index (χ2n) is 3.45. The van der Waals surface area contributed by atoms with Gasteiger partial charge in [0.25, 0.3) is 0 Å². The van der Waals surface area contributed by atoms with Crippen molar-refractivity contribution in [3.05, 3.63) is 29.6 Å². The summed E-state index contributed by atoms with van der Waals surface area (Å²) in [7, 11) is 1.95. The Balaban J connectivity index is 2.27. The van der Waals surface area contributed by atoms with E-state index in [0.29, 0.717) is 0 Å². The van der Waals surface area contributed by atoms with Gasteiger partial charge in [-0.05, 0) is 26.8 Å². The Morgan fingerprint density at radius 3 is 2.93 bits per heavy atom. The minimum atomic E-state index is 0.914. The molecule has 0 amide bonds. The van der Waals surface area contributed by atoms with Gasteiger partial charge in [-0.25, -0.2) is 0 Å². The van der Waals surface area contributed by atoms with Crippen LogP contribution in [0.2, 0.25) is 0 Å². The first-order chi connectivity index (χ1) is 6.74. The maximum absolute atomic E-state index is 4.29. The molecular formula is C11H19N3. The molecule has 0 saturated carbocycles. The van der Waals surface area contributed by atoms with E-state index >= 15 is 0 Å². The number of rotatable bonds is 5. The molecule has 0 radical (unpaired) electrons. The van der Waals surface area contributed by atoms with Gasteiger partial charge in [-0.15, -0.1) is 0 Å². The van der Waals surface area contributed by atoms with Crippen LogP contribution in [0.15, 0.2) is 18.3 Å². The number of aromatic nitrogens is 2. The second kappa shape index (κ2) is 5.60. The summed E-state index contributed by atoms with van der Waals surface area (Å²) in [6.45, 7) is 6.03. The van der Waals surface area contributed by atoms with Gasteiger partial charge >= 0.3 is 0 Å². The lowest BCUT2D eigenvalue weighted by Gasteiger charge is -2.00. The Bertz CT molecular complexity index is 299. The second-order valence-corrected chi connectivity index (χ2v) is 3.45. The largest absolute Gasteiger partial charge is 0.312 e. The fourth-order valence-electron chi connectivity index (χ4n) is 1.40. The third-order valence-electron chi connectivity index (χ3n) is 2.15. The van der Waals surface area contributed by atoms with Crippen molar-refractivity contribution in [1.29, 1.82) is 0 Å². The Labute approximate surface area is 85.8 Å². The first-order valence-electron chi connectivity index (χ1n) is 5.05. The molecule has 0 saturated heterocycles. The van der Waals surface area contributed by atoms with E-state index < -0.39 is 0 Å². The third-order valence-corrected chi connectivity index (χ3v) is 2.15. The van der Waals surface area contributed by atoms with E-state index in [2.05, 4.69) is 28.8 Å². The smallest absolute Gasteiger partial charge is 0.0638 e. The van der Waals surface area contributed by atoms with E-state index in [1.165, 1.54) is 5.56 Å². The van der Waals surface area contributed by atoms with E-state index in [-0.39, 0.29) is 0 Å². The summed E-state index contributed by atoms with van der Waals surface area (Å²) in [5, 5.41) is 7.67. The van der Waals surface area contributed by atoms with Crippen molar-refractivity contribution >= 4 is 0 Å². The predicted octanol–water partition coefficient (Wildman–Crippen LogP) is 1.78. The van der Waals surface area contributed by atoms with Gasteiger partial charge in [0.2, 0.25) is 0 Å². The number of allylic oxidation sites excluding steroid dienone is 1. The zero-order chi connectivity index (χ0) is 10.4. The van der Waals surface area contributed by atoms with Gasteiger partial charge in [-0.3, -0.25) is 4.68 Å². The summed E-state index contributed by atoms with van der Waals surface area (Å²) in [6.07, 6.45) is 7.41. The molecule has 1 rings (SSSR count). The highest BCUT2D eigenvalue weighted by Crippen LogP contribution is 2.03. The van der Waals surface area contributed by atoms with Crippen LogP contribution in [0.3, 0.4) is 0 Å². The topological polar surface area (TPSA) is 29.9 Å². The van der Waals surface area contributed by atoms with E-state index in [1.807, 2.05) is 25.6 Å². The van der Waals surface area contributed by atoms with Crippen LogP contribution in [-0.4, -0.2) is 16.3 Å². The minimum absolute atomic E-state index is 0.914. The Morgan fingerprint density at radius 1 is 1.57 bits per heavy atom. The van der Waals surface area contributed by atoms with Crippen molar-refractivity contribution < 1.29 is 0 Å². The Hall–Kier alpha value is -1.09. The van der Waals surface area contributed by atoms with E-state index in [0.717, 1.165) is 25.2 Å². The quantitative estimate of drug-likeness (QED) is 0.570. The average molecular weight is 193 g/mol. The zero-order valence-corrected chi connectivity index (χ0v) is 9.25. The maximum Gasteiger partial charge on any atom is 0.0638 e. The maximum atomic E-state index is 4.29. The van der Waals surface area contributed by atoms with Crippen molar-refractivity contribution in [2.45, 2.75) is 26.8 Å². The molecule has 0 atom stereocenters. The summed E-state index contributed by atoms with van der Waals surface area (Å²) in [5.74, 6) is 0. The van der Waals surface area contributed by atoms with E-state index in [4.69, 9.17) is 0 Å². The van der Waals surface area contributed by atoms with Gasteiger partial charge in [0, 0.05) is 25.4 Å². The molecule has 0 fully saturated rings. The highest BCUT2D eigenvalue weighted by Gasteiger charge is 2.00. The summed E-state index contributed by atoms with van der Waals surface area (Å²) in [6, 6.07) is 0. The summed E-state index contributed by atoms with van der Waals surface area (Å²) in [5.41, 5.74) is 2.40. The van der Waals surface area contributed by atoms with Crippen LogP contribution in [0, 0.1) is 6.92 Å². The summed E-state index contributed by atoms with van der Waals surface area (Å²) in [4.78, 5) is 0. The van der Waals surface area contributed by atoms with Gasteiger partial charge in [0.1, 0.15) is 0 Å². The lowest BCUT2D eigenvalue weighted by atomic mass is 10.2. The van der Waals surface area contributed by atoms with Gasteiger partial charge in [-0.2, -0.15) is 5.10 Å². The first kappa shape index (κ1) is 11.0. The number of aryl methyl sites for hydroxylation is 2. The van der Waals surface area contributed by atoms with Crippen molar-refractivity contribution in [1.82, 2.24) is 15.1 Å². The van der Waals surface area contributed by atoms with Crippen LogP contribution >= 0.6 is 0 Å². The molecule has 1 aromatic heterocycles. The van der Waals surface area contributed by atoms with E-state index in [9.17, 15) is 0 Å². The molecule has 0 unspecified atom stereocenters. The number of nitrogens with zero attached hydrogens (tertiary/aromatic N) is 2. The van der Waals surface area contributed by atoms with Crippen molar-refractivity contribution in [3.63, 3.8) is 0 Å². The van der Waals surface area contributed by atoms with Crippen molar-refractivity contribution in [3.8, 4) is 0 Å². The van der Waals surface area contributed by atoms with Gasteiger partial charge in [0.05, 0.1) is 5.69 Å². The first-order valence-corrected chi connectivity index (χ1v) is 5.05. The number of hydrogen-bond acceptors (Lipinski definition) is 2. The molecule has 1 N–H and O–H groups in total. The van der Waals surface area contributed by atoms with Crippen molar-refractivity contribution in [2.24, 2.45) is 7.05 Å². The molecule has 3 nitrogen and oxygen atoms in total. The molecule has 0 aliphatic heterocycles. The number of nitrogens with one attached hydrogen (secondary N) is 1. The van der Waals surface area contributed by atoms with E-state index in [1.54, 1.807) is 0 Å². The monoisotopic (exact) mass is 193 g/mol. The molecule has 14 heavy (non-hydrogen) atoms. The summed E-state index contributed by atoms with van der Waals surface area (Å²) >= 11 is 0. The van der Waals surface area contributed by atoms with Crippen LogP contribution in [0.5, 0.6) is 0 Å². The molecular weight excluding hydrogens is 174 g/mol. The molecule has 0 spiro atoms. The highest BCUT2D eigenvalue weighted by molar-refractivity contribution is 5.14. The lowest BCUT2D eigenvalue weighted by Crippen LogP contribution is -2.14. The Kier molecular flexibility index (Phi) is 4.40. The minimum Gasteiger partial charge on any atom is -0.312 e. The molecule has 1 heterocycles. The molecule has 0 bridgehead atoms. The molecule has 0 aliphatic carbocycles. The zero-order valence-electron chi connectivity index (χ0n) is 9.25. The SMILES string of the molecule is C/C=C/CCNCc1cn(C)nc1C. The molecule has 1 aromatic rings. The Morgan fingerprint density at radius 2 is 2.36 bits per heavy atom. The number of hydrogen-bond donors (Lipinski definition) is 1. The average Bonchev–Trinajstić information content (AvgIpc) is 2.45. The normalized spacial score (nSPS) is 11.4. The van der Waals surface area contributed by atoms with Gasteiger partial charge in [0.15, 0.2) is 0 Å². The fraction of sp³-hybridized carbons (Fsp3) is 0.545. The summed E-state index contributed by atoms with van der Waals surface area (Å²) < 4.78 is 1.86. The fourth-order valence-corrected chi connectivity index (χ4v) is 1.40. The molecule has 78 valence electrons. The lowest BCUT2D eigenvalue weighted by molar-refractivity contribution is 0.692.